The van der Waals surface area contributed by atoms with Crippen LogP contribution in [0, 0.1) is 11.6 Å². The molecular formula is C17H16F2N2O6S. The van der Waals surface area contributed by atoms with Gasteiger partial charge in [-0.3, -0.25) is 9.59 Å². The topological polar surface area (TPSA) is 111 Å². The van der Waals surface area contributed by atoms with Crippen LogP contribution in [0.1, 0.15) is 0 Å². The molecule has 0 saturated heterocycles. The highest BCUT2D eigenvalue weighted by Crippen LogP contribution is 2.22. The van der Waals surface area contributed by atoms with Gasteiger partial charge < -0.3 is 14.8 Å². The summed E-state index contributed by atoms with van der Waals surface area (Å²) in [5, 5.41) is 2.45. The summed E-state index contributed by atoms with van der Waals surface area (Å²) >= 11 is 0. The van der Waals surface area contributed by atoms with E-state index in [1.54, 1.807) is 29.0 Å². The standard InChI is InChI=1S/C17H16F2N2O6S/c1-26-14-8-3-2-7-13(14)21-15(22)10-27-16(23)9-20-28(24,25)17-11(18)5-4-6-12(17)19/h2-8,20H,9-10H2,1H3,(H,21,22). The lowest BCUT2D eigenvalue weighted by Gasteiger charge is -2.11. The zero-order chi connectivity index (χ0) is 20.7. The minimum absolute atomic E-state index is 0.349. The first kappa shape index (κ1) is 21.3. The molecular weight excluding hydrogens is 398 g/mol. The van der Waals surface area contributed by atoms with Crippen LogP contribution in [0.4, 0.5) is 14.5 Å². The molecule has 0 aliphatic heterocycles. The Balaban J connectivity index is 1.88. The van der Waals surface area contributed by atoms with Crippen LogP contribution in [0.3, 0.4) is 0 Å². The summed E-state index contributed by atoms with van der Waals surface area (Å²) in [7, 11) is -3.22. The van der Waals surface area contributed by atoms with E-state index in [-0.39, 0.29) is 0 Å². The number of carbonyl (C=O) groups is 2. The van der Waals surface area contributed by atoms with Gasteiger partial charge in [0.25, 0.3) is 5.91 Å². The van der Waals surface area contributed by atoms with Crippen molar-refractivity contribution < 1.29 is 36.3 Å². The van der Waals surface area contributed by atoms with Crippen molar-refractivity contribution in [2.45, 2.75) is 4.90 Å². The molecule has 0 aliphatic rings. The number of hydrogen-bond acceptors (Lipinski definition) is 6. The first-order valence-corrected chi connectivity index (χ1v) is 9.25. The Morgan fingerprint density at radius 3 is 2.32 bits per heavy atom. The second kappa shape index (κ2) is 9.24. The van der Waals surface area contributed by atoms with Crippen molar-refractivity contribution in [2.75, 3.05) is 25.6 Å². The van der Waals surface area contributed by atoms with E-state index in [2.05, 4.69) is 10.1 Å². The van der Waals surface area contributed by atoms with E-state index >= 15 is 0 Å². The zero-order valence-corrected chi connectivity index (χ0v) is 15.4. The van der Waals surface area contributed by atoms with E-state index in [4.69, 9.17) is 4.74 Å². The molecule has 0 heterocycles. The summed E-state index contributed by atoms with van der Waals surface area (Å²) in [5.41, 5.74) is 0.349. The van der Waals surface area contributed by atoms with Gasteiger partial charge in [0, 0.05) is 0 Å². The van der Waals surface area contributed by atoms with Crippen LogP contribution in [0.15, 0.2) is 47.4 Å². The van der Waals surface area contributed by atoms with Gasteiger partial charge in [0.15, 0.2) is 11.5 Å². The highest BCUT2D eigenvalue weighted by Gasteiger charge is 2.24. The van der Waals surface area contributed by atoms with E-state index in [1.165, 1.54) is 7.11 Å². The maximum absolute atomic E-state index is 13.6. The lowest BCUT2D eigenvalue weighted by Crippen LogP contribution is -2.33. The average molecular weight is 414 g/mol. The number of esters is 1. The number of hydrogen-bond donors (Lipinski definition) is 2. The number of nitrogens with one attached hydrogen (secondary N) is 2. The Bertz CT molecular complexity index is 961. The zero-order valence-electron chi connectivity index (χ0n) is 14.6. The first-order valence-electron chi connectivity index (χ1n) is 7.76. The van der Waals surface area contributed by atoms with Crippen LogP contribution in [0.2, 0.25) is 0 Å². The third-order valence-corrected chi connectivity index (χ3v) is 4.79. The molecule has 0 atom stereocenters. The van der Waals surface area contributed by atoms with Crippen molar-refractivity contribution >= 4 is 27.6 Å². The van der Waals surface area contributed by atoms with E-state index in [0.717, 1.165) is 18.2 Å². The third-order valence-electron chi connectivity index (χ3n) is 3.34. The van der Waals surface area contributed by atoms with Crippen molar-refractivity contribution in [2.24, 2.45) is 0 Å². The molecule has 2 N–H and O–H groups in total. The van der Waals surface area contributed by atoms with E-state index < -0.39 is 51.6 Å². The SMILES string of the molecule is COc1ccccc1NC(=O)COC(=O)CNS(=O)(=O)c1c(F)cccc1F. The fraction of sp³-hybridized carbons (Fsp3) is 0.176. The lowest BCUT2D eigenvalue weighted by atomic mass is 10.3. The minimum Gasteiger partial charge on any atom is -0.495 e. The molecule has 2 aromatic carbocycles. The maximum atomic E-state index is 13.6. The van der Waals surface area contributed by atoms with Crippen molar-refractivity contribution in [1.82, 2.24) is 4.72 Å². The molecule has 0 unspecified atom stereocenters. The number of anilines is 1. The summed E-state index contributed by atoms with van der Waals surface area (Å²) in [4.78, 5) is 22.2. The van der Waals surface area contributed by atoms with Gasteiger partial charge >= 0.3 is 5.97 Å². The number of benzene rings is 2. The Hall–Kier alpha value is -3.05. The highest BCUT2D eigenvalue weighted by atomic mass is 32.2. The fourth-order valence-electron chi connectivity index (χ4n) is 2.10. The molecule has 0 aromatic heterocycles. The number of rotatable bonds is 8. The normalized spacial score (nSPS) is 11.0. The molecule has 0 spiro atoms. The summed E-state index contributed by atoms with van der Waals surface area (Å²) < 4.78 is 62.4. The smallest absolute Gasteiger partial charge is 0.321 e. The molecule has 150 valence electrons. The third kappa shape index (κ3) is 5.47. The molecule has 0 bridgehead atoms. The monoisotopic (exact) mass is 414 g/mol. The molecule has 0 aliphatic carbocycles. The summed E-state index contributed by atoms with van der Waals surface area (Å²) in [6.45, 7) is -1.62. The number of halogens is 2. The van der Waals surface area contributed by atoms with Gasteiger partial charge in [-0.05, 0) is 24.3 Å². The van der Waals surface area contributed by atoms with Gasteiger partial charge in [-0.25, -0.2) is 17.2 Å². The first-order chi connectivity index (χ1) is 13.2. The van der Waals surface area contributed by atoms with E-state index in [1.807, 2.05) is 0 Å². The second-order valence-corrected chi connectivity index (χ2v) is 6.99. The maximum Gasteiger partial charge on any atom is 0.321 e. The van der Waals surface area contributed by atoms with Crippen molar-refractivity contribution in [3.63, 3.8) is 0 Å². The van der Waals surface area contributed by atoms with Crippen molar-refractivity contribution in [1.29, 1.82) is 0 Å². The van der Waals surface area contributed by atoms with Gasteiger partial charge in [0.05, 0.1) is 12.8 Å². The molecule has 11 heteroatoms. The number of methoxy groups -OCH3 is 1. The quantitative estimate of drug-likeness (QED) is 0.633. The Labute approximate surface area is 159 Å². The second-order valence-electron chi connectivity index (χ2n) is 5.28. The van der Waals surface area contributed by atoms with Crippen LogP contribution in [0.25, 0.3) is 0 Å². The van der Waals surface area contributed by atoms with Crippen LogP contribution in [-0.2, 0) is 24.3 Å². The Morgan fingerprint density at radius 2 is 1.68 bits per heavy atom. The largest absolute Gasteiger partial charge is 0.495 e. The Kier molecular flexibility index (Phi) is 7.01. The number of para-hydroxylation sites is 2. The van der Waals surface area contributed by atoms with Gasteiger partial charge in [-0.15, -0.1) is 0 Å². The number of amides is 1. The molecule has 2 aromatic rings. The number of sulfonamides is 1. The predicted octanol–water partition coefficient (Wildman–Crippen LogP) is 1.43. The average Bonchev–Trinajstić information content (AvgIpc) is 2.65. The number of carbonyl (C=O) groups excluding carboxylic acids is 2. The van der Waals surface area contributed by atoms with Crippen molar-refractivity contribution in [3.05, 3.63) is 54.1 Å². The van der Waals surface area contributed by atoms with E-state index in [9.17, 15) is 26.8 Å². The van der Waals surface area contributed by atoms with E-state index in [0.29, 0.717) is 11.4 Å². The van der Waals surface area contributed by atoms with Gasteiger partial charge in [0.1, 0.15) is 23.9 Å². The molecule has 1 amide bonds. The molecule has 8 nitrogen and oxygen atoms in total. The van der Waals surface area contributed by atoms with Crippen molar-refractivity contribution in [3.8, 4) is 5.75 Å². The highest BCUT2D eigenvalue weighted by molar-refractivity contribution is 7.89. The predicted molar refractivity (Wildman–Crippen MR) is 94.1 cm³/mol. The summed E-state index contributed by atoms with van der Waals surface area (Å²) in [6, 6.07) is 9.04. The Morgan fingerprint density at radius 1 is 1.04 bits per heavy atom. The summed E-state index contributed by atoms with van der Waals surface area (Å²) in [5.74, 6) is -4.03. The number of ether oxygens (including phenoxy) is 2. The summed E-state index contributed by atoms with van der Waals surface area (Å²) in [6.07, 6.45) is 0. The molecule has 0 saturated carbocycles. The lowest BCUT2D eigenvalue weighted by molar-refractivity contribution is -0.146. The van der Waals surface area contributed by atoms with Gasteiger partial charge in [0.2, 0.25) is 10.0 Å². The molecule has 0 fully saturated rings. The molecule has 0 radical (unpaired) electrons. The van der Waals surface area contributed by atoms with Crippen LogP contribution >= 0.6 is 0 Å². The van der Waals surface area contributed by atoms with Gasteiger partial charge in [-0.1, -0.05) is 18.2 Å². The molecule has 28 heavy (non-hydrogen) atoms. The fourth-order valence-corrected chi connectivity index (χ4v) is 3.20. The molecule has 2 rings (SSSR count). The van der Waals surface area contributed by atoms with Crippen LogP contribution in [-0.4, -0.2) is 40.6 Å². The minimum atomic E-state index is -4.63. The van der Waals surface area contributed by atoms with Gasteiger partial charge in [-0.2, -0.15) is 4.72 Å². The van der Waals surface area contributed by atoms with Crippen LogP contribution < -0.4 is 14.8 Å². The van der Waals surface area contributed by atoms with Crippen LogP contribution in [0.5, 0.6) is 5.75 Å².